The van der Waals surface area contributed by atoms with E-state index in [2.05, 4.69) is 12.2 Å². The first-order valence-electron chi connectivity index (χ1n) is 11.7. The predicted molar refractivity (Wildman–Crippen MR) is 122 cm³/mol. The van der Waals surface area contributed by atoms with E-state index in [0.717, 1.165) is 12.2 Å². The fourth-order valence-electron chi connectivity index (χ4n) is 4.52. The zero-order valence-corrected chi connectivity index (χ0v) is 21.7. The molecule has 0 saturated carbocycles. The Balaban J connectivity index is 1.80. The van der Waals surface area contributed by atoms with Crippen LogP contribution in [0, 0.1) is 5.92 Å². The molecule has 7 atom stereocenters. The molecule has 0 bridgehead atoms. The molecule has 3 heterocycles. The van der Waals surface area contributed by atoms with Crippen LogP contribution in [-0.2, 0) is 38.0 Å². The highest BCUT2D eigenvalue weighted by Gasteiger charge is 2.61. The van der Waals surface area contributed by atoms with Gasteiger partial charge in [0.25, 0.3) is 0 Å². The van der Waals surface area contributed by atoms with E-state index in [0.29, 0.717) is 0 Å². The van der Waals surface area contributed by atoms with Gasteiger partial charge in [0.05, 0.1) is 7.11 Å². The number of ether oxygens (including phenoxy) is 6. The van der Waals surface area contributed by atoms with Crippen molar-refractivity contribution in [2.75, 3.05) is 12.9 Å². The molecule has 0 spiro atoms. The van der Waals surface area contributed by atoms with E-state index in [9.17, 15) is 9.59 Å². The first-order chi connectivity index (χ1) is 15.4. The third-order valence-electron chi connectivity index (χ3n) is 5.92. The van der Waals surface area contributed by atoms with Gasteiger partial charge >= 0.3 is 5.97 Å². The van der Waals surface area contributed by atoms with E-state index in [1.807, 2.05) is 41.5 Å². The second-order valence-corrected chi connectivity index (χ2v) is 11.4. The van der Waals surface area contributed by atoms with E-state index in [1.54, 1.807) is 11.8 Å². The van der Waals surface area contributed by atoms with Crippen LogP contribution in [-0.4, -0.2) is 78.3 Å². The molecule has 1 amide bonds. The highest BCUT2D eigenvalue weighted by molar-refractivity contribution is 7.99. The van der Waals surface area contributed by atoms with Crippen LogP contribution in [0.5, 0.6) is 0 Å². The zero-order chi connectivity index (χ0) is 24.6. The van der Waals surface area contributed by atoms with Gasteiger partial charge in [0.1, 0.15) is 30.5 Å². The number of thioether (sulfide) groups is 1. The number of amides is 1. The average molecular weight is 490 g/mol. The molecule has 1 N–H and O–H groups in total. The number of hydrogen-bond donors (Lipinski definition) is 1. The van der Waals surface area contributed by atoms with E-state index in [1.165, 1.54) is 7.11 Å². The van der Waals surface area contributed by atoms with Gasteiger partial charge in [-0.15, -0.1) is 0 Å². The Kier molecular flexibility index (Phi) is 8.39. The lowest BCUT2D eigenvalue weighted by atomic mass is 9.95. The highest BCUT2D eigenvalue weighted by Crippen LogP contribution is 2.46. The minimum absolute atomic E-state index is 0.0992. The molecule has 0 aromatic rings. The lowest BCUT2D eigenvalue weighted by Crippen LogP contribution is -2.58. The van der Waals surface area contributed by atoms with Gasteiger partial charge in [-0.2, -0.15) is 11.8 Å². The van der Waals surface area contributed by atoms with Gasteiger partial charge in [-0.1, -0.05) is 20.8 Å². The van der Waals surface area contributed by atoms with Crippen molar-refractivity contribution in [1.82, 2.24) is 5.32 Å². The molecule has 3 aliphatic heterocycles. The molecule has 0 aliphatic carbocycles. The Bertz CT molecular complexity index is 715. The zero-order valence-electron chi connectivity index (χ0n) is 20.9. The summed E-state index contributed by atoms with van der Waals surface area (Å²) in [7, 11) is 1.32. The van der Waals surface area contributed by atoms with Crippen LogP contribution in [0.4, 0.5) is 0 Å². The maximum atomic E-state index is 13.0. The summed E-state index contributed by atoms with van der Waals surface area (Å²) >= 11 is 1.66. The number of rotatable bonds is 9. The summed E-state index contributed by atoms with van der Waals surface area (Å²) in [5, 5.41) is 2.61. The molecule has 190 valence electrons. The lowest BCUT2D eigenvalue weighted by molar-refractivity contribution is -0.233. The van der Waals surface area contributed by atoms with E-state index < -0.39 is 48.2 Å². The summed E-state index contributed by atoms with van der Waals surface area (Å²) in [4.78, 5) is 25.2. The van der Waals surface area contributed by atoms with Crippen LogP contribution in [0.3, 0.4) is 0 Å². The maximum absolute atomic E-state index is 13.0. The Morgan fingerprint density at radius 3 is 2.21 bits per heavy atom. The van der Waals surface area contributed by atoms with Gasteiger partial charge in [-0.25, -0.2) is 4.79 Å². The van der Waals surface area contributed by atoms with Crippen molar-refractivity contribution in [2.45, 2.75) is 115 Å². The number of hydrogen-bond acceptors (Lipinski definition) is 9. The lowest BCUT2D eigenvalue weighted by Gasteiger charge is -2.40. The predicted octanol–water partition coefficient (Wildman–Crippen LogP) is 2.60. The molecule has 3 fully saturated rings. The number of fused-ring (bicyclic) bond motifs is 3. The second kappa shape index (κ2) is 10.4. The molecule has 0 radical (unpaired) electrons. The Morgan fingerprint density at radius 1 is 1.00 bits per heavy atom. The van der Waals surface area contributed by atoms with Gasteiger partial charge in [-0.05, 0) is 45.8 Å². The van der Waals surface area contributed by atoms with Crippen molar-refractivity contribution in [2.24, 2.45) is 5.92 Å². The first kappa shape index (κ1) is 26.7. The summed E-state index contributed by atoms with van der Waals surface area (Å²) in [5.41, 5.74) is 0. The number of methoxy groups -OCH3 is 1. The molecule has 3 saturated heterocycles. The Labute approximate surface area is 200 Å². The average Bonchev–Trinajstić information content (AvgIpc) is 3.21. The third kappa shape index (κ3) is 6.21. The minimum Gasteiger partial charge on any atom is -0.467 e. The SMILES string of the molecule is CCCSC(CC(=O)N[C@H](C(=O)OC)C(C)C)[C@H]1O[C@@H]2OC(C)(C)O[C@@H]2[C@H]2OC(C)(C)O[C@H]21. The molecule has 33 heavy (non-hydrogen) atoms. The summed E-state index contributed by atoms with van der Waals surface area (Å²) in [5.74, 6) is -1.56. The van der Waals surface area contributed by atoms with Crippen molar-refractivity contribution in [1.29, 1.82) is 0 Å². The van der Waals surface area contributed by atoms with Crippen molar-refractivity contribution >= 4 is 23.6 Å². The van der Waals surface area contributed by atoms with Crippen LogP contribution in [0.2, 0.25) is 0 Å². The number of esters is 1. The standard InChI is InChI=1S/C23H39NO8S/c1-9-10-33-13(11-14(25)24-15(12(2)3)20(26)27-8)16-17-18(30-22(4,5)29-17)19-21(28-16)32-23(6,7)31-19/h12-13,15-19,21H,9-11H2,1-8H3,(H,24,25)/t13?,15-,16+,17-,18-,19+,21+/m0/s1. The number of nitrogens with one attached hydrogen (secondary N) is 1. The highest BCUT2D eigenvalue weighted by atomic mass is 32.2. The topological polar surface area (TPSA) is 102 Å². The molecular weight excluding hydrogens is 450 g/mol. The van der Waals surface area contributed by atoms with Crippen LogP contribution < -0.4 is 5.32 Å². The first-order valence-corrected chi connectivity index (χ1v) is 12.8. The number of carbonyl (C=O) groups excluding carboxylic acids is 2. The quantitative estimate of drug-likeness (QED) is 0.490. The second-order valence-electron chi connectivity index (χ2n) is 10.1. The van der Waals surface area contributed by atoms with Crippen LogP contribution in [0.25, 0.3) is 0 Å². The summed E-state index contributed by atoms with van der Waals surface area (Å²) in [6, 6.07) is -0.707. The van der Waals surface area contributed by atoms with Crippen LogP contribution in [0.1, 0.15) is 61.3 Å². The van der Waals surface area contributed by atoms with Gasteiger partial charge in [0.15, 0.2) is 17.9 Å². The van der Waals surface area contributed by atoms with Crippen molar-refractivity contribution in [3.05, 3.63) is 0 Å². The molecular formula is C23H39NO8S. The molecule has 1 unspecified atom stereocenters. The molecule has 10 heteroatoms. The molecule has 0 aromatic heterocycles. The van der Waals surface area contributed by atoms with Crippen LogP contribution >= 0.6 is 11.8 Å². The normalized spacial score (nSPS) is 33.8. The Morgan fingerprint density at radius 2 is 1.61 bits per heavy atom. The monoisotopic (exact) mass is 489 g/mol. The molecule has 0 aromatic carbocycles. The molecule has 3 rings (SSSR count). The molecule has 3 aliphatic rings. The third-order valence-corrected chi connectivity index (χ3v) is 7.42. The van der Waals surface area contributed by atoms with Gasteiger partial charge in [0, 0.05) is 11.7 Å². The summed E-state index contributed by atoms with van der Waals surface area (Å²) < 4.78 is 35.8. The van der Waals surface area contributed by atoms with Gasteiger partial charge in [0.2, 0.25) is 5.91 Å². The van der Waals surface area contributed by atoms with E-state index in [-0.39, 0.29) is 29.6 Å². The van der Waals surface area contributed by atoms with E-state index in [4.69, 9.17) is 28.4 Å². The van der Waals surface area contributed by atoms with Crippen molar-refractivity contribution < 1.29 is 38.0 Å². The van der Waals surface area contributed by atoms with E-state index >= 15 is 0 Å². The minimum atomic E-state index is -0.808. The Hall–Kier alpha value is -0.910. The molecule has 9 nitrogen and oxygen atoms in total. The maximum Gasteiger partial charge on any atom is 0.328 e. The smallest absolute Gasteiger partial charge is 0.328 e. The van der Waals surface area contributed by atoms with Crippen LogP contribution in [0.15, 0.2) is 0 Å². The van der Waals surface area contributed by atoms with Crippen molar-refractivity contribution in [3.63, 3.8) is 0 Å². The van der Waals surface area contributed by atoms with Crippen molar-refractivity contribution in [3.8, 4) is 0 Å². The summed E-state index contributed by atoms with van der Waals surface area (Å²) in [6.07, 6.45) is -1.17. The summed E-state index contributed by atoms with van der Waals surface area (Å²) in [6.45, 7) is 13.2. The largest absolute Gasteiger partial charge is 0.467 e. The van der Waals surface area contributed by atoms with Gasteiger partial charge < -0.3 is 33.7 Å². The number of carbonyl (C=O) groups is 2. The van der Waals surface area contributed by atoms with Gasteiger partial charge in [-0.3, -0.25) is 4.79 Å². The fourth-order valence-corrected chi connectivity index (χ4v) is 5.74. The fraction of sp³-hybridized carbons (Fsp3) is 0.913.